The molecule has 0 spiro atoms. The van der Waals surface area contributed by atoms with E-state index in [-0.39, 0.29) is 58.2 Å². The van der Waals surface area contributed by atoms with Crippen LogP contribution in [0.25, 0.3) is 10.8 Å². The van der Waals surface area contributed by atoms with E-state index < -0.39 is 83.5 Å². The van der Waals surface area contributed by atoms with E-state index in [4.69, 9.17) is 25.7 Å². The van der Waals surface area contributed by atoms with Gasteiger partial charge in [0.25, 0.3) is 0 Å². The summed E-state index contributed by atoms with van der Waals surface area (Å²) in [7, 11) is 3.03. The first-order chi connectivity index (χ1) is 39.8. The minimum atomic E-state index is -1.48. The summed E-state index contributed by atoms with van der Waals surface area (Å²) in [6.45, 7) is 0.737. The first kappa shape index (κ1) is 59.3. The van der Waals surface area contributed by atoms with Gasteiger partial charge in [-0.1, -0.05) is 115 Å². The first-order valence-corrected chi connectivity index (χ1v) is 27.8. The van der Waals surface area contributed by atoms with Gasteiger partial charge in [-0.05, 0) is 95.8 Å². The number of nitrogens with one attached hydrogen (secondary N) is 6. The van der Waals surface area contributed by atoms with Gasteiger partial charge >= 0.3 is 0 Å². The van der Waals surface area contributed by atoms with Crippen LogP contribution in [-0.4, -0.2) is 123 Å². The van der Waals surface area contributed by atoms with Crippen molar-refractivity contribution in [3.63, 3.8) is 0 Å². The molecule has 7 atom stereocenters. The maximum absolute atomic E-state index is 15.4. The number of hydrogen-bond donors (Lipinski definition) is 8. The quantitative estimate of drug-likeness (QED) is 0.0510. The van der Waals surface area contributed by atoms with Crippen molar-refractivity contribution in [2.75, 3.05) is 40.4 Å². The zero-order valence-electron chi connectivity index (χ0n) is 46.3. The maximum atomic E-state index is 15.4. The summed E-state index contributed by atoms with van der Waals surface area (Å²) in [6, 6.07) is 35.5. The second-order valence-electron chi connectivity index (χ2n) is 20.6. The molecule has 6 aromatic rings. The zero-order valence-corrected chi connectivity index (χ0v) is 46.3. The Morgan fingerprint density at radius 1 is 0.549 bits per heavy atom. The van der Waals surface area contributed by atoms with Crippen LogP contribution >= 0.6 is 0 Å². The number of rotatable bonds is 20. The van der Waals surface area contributed by atoms with Gasteiger partial charge in [-0.3, -0.25) is 33.6 Å². The van der Waals surface area contributed by atoms with Crippen LogP contribution < -0.4 is 57.6 Å². The van der Waals surface area contributed by atoms with Crippen LogP contribution in [0.2, 0.25) is 0 Å². The van der Waals surface area contributed by atoms with Gasteiger partial charge in [-0.15, -0.1) is 0 Å². The summed E-state index contributed by atoms with van der Waals surface area (Å²) in [6.07, 6.45) is 0.672. The minimum absolute atomic E-state index is 0.0403. The Kier molecular flexibility index (Phi) is 21.0. The van der Waals surface area contributed by atoms with Crippen LogP contribution in [0.1, 0.15) is 53.5 Å². The molecule has 19 heteroatoms. The summed E-state index contributed by atoms with van der Waals surface area (Å²) < 4.78 is 17.6. The number of unbranched alkanes of at least 4 members (excludes halogenated alkanes) is 1. The fourth-order valence-corrected chi connectivity index (χ4v) is 10.6. The predicted molar refractivity (Wildman–Crippen MR) is 310 cm³/mol. The molecule has 0 radical (unpaired) electrons. The number of hydrogen-bond acceptors (Lipinski definition) is 12. The molecule has 0 aromatic heterocycles. The third-order valence-electron chi connectivity index (χ3n) is 14.9. The molecule has 0 saturated carbocycles. The third-order valence-corrected chi connectivity index (χ3v) is 14.9. The van der Waals surface area contributed by atoms with E-state index in [1.165, 1.54) is 12.0 Å². The van der Waals surface area contributed by atoms with Crippen molar-refractivity contribution < 1.29 is 47.8 Å². The van der Waals surface area contributed by atoms with Crippen LogP contribution in [-0.2, 0) is 65.9 Å². The second-order valence-corrected chi connectivity index (χ2v) is 20.6. The molecule has 1 unspecified atom stereocenters. The molecular formula is C63H73N9O10. The maximum Gasteiger partial charge on any atom is 0.246 e. The number of benzene rings is 6. The van der Waals surface area contributed by atoms with Gasteiger partial charge in [0.2, 0.25) is 41.4 Å². The summed E-state index contributed by atoms with van der Waals surface area (Å²) in [5.41, 5.74) is 15.2. The first-order valence-electron chi connectivity index (χ1n) is 27.8. The number of amides is 7. The van der Waals surface area contributed by atoms with Crippen LogP contribution in [0.15, 0.2) is 146 Å². The molecule has 0 bridgehead atoms. The molecule has 2 fully saturated rings. The molecule has 10 N–H and O–H groups in total. The Labute approximate surface area is 477 Å². The van der Waals surface area contributed by atoms with Crippen molar-refractivity contribution >= 4 is 52.1 Å². The van der Waals surface area contributed by atoms with Crippen LogP contribution in [0, 0.1) is 5.92 Å². The minimum Gasteiger partial charge on any atom is -0.496 e. The van der Waals surface area contributed by atoms with Gasteiger partial charge in [0.15, 0.2) is 0 Å². The number of nitrogens with two attached hydrogens (primary N) is 2. The van der Waals surface area contributed by atoms with E-state index in [0.29, 0.717) is 70.9 Å². The average molecular weight is 1120 g/mol. The van der Waals surface area contributed by atoms with Gasteiger partial charge in [-0.2, -0.15) is 0 Å². The number of fused-ring (bicyclic) bond motifs is 2. The highest BCUT2D eigenvalue weighted by molar-refractivity contribution is 6.01. The van der Waals surface area contributed by atoms with E-state index in [2.05, 4.69) is 31.9 Å². The van der Waals surface area contributed by atoms with Crippen molar-refractivity contribution in [3.05, 3.63) is 173 Å². The van der Waals surface area contributed by atoms with E-state index in [0.717, 1.165) is 10.9 Å². The molecule has 0 aliphatic carbocycles. The van der Waals surface area contributed by atoms with Gasteiger partial charge in [0.05, 0.1) is 20.1 Å². The lowest BCUT2D eigenvalue weighted by Crippen LogP contribution is -2.63. The Hall–Kier alpha value is -8.81. The number of carbonyl (C=O) groups is 7. The van der Waals surface area contributed by atoms with Crippen LogP contribution in [0.5, 0.6) is 17.2 Å². The molecule has 2 heterocycles. The highest BCUT2D eigenvalue weighted by atomic mass is 16.5. The molecule has 82 heavy (non-hydrogen) atoms. The highest BCUT2D eigenvalue weighted by Gasteiger charge is 2.48. The largest absolute Gasteiger partial charge is 0.496 e. The van der Waals surface area contributed by atoms with E-state index in [9.17, 15) is 4.79 Å². The summed E-state index contributed by atoms with van der Waals surface area (Å²) in [5, 5.41) is 18.9. The van der Waals surface area contributed by atoms with Crippen molar-refractivity contribution in [3.8, 4) is 17.2 Å². The van der Waals surface area contributed by atoms with Gasteiger partial charge in [0.1, 0.15) is 60.1 Å². The normalized spacial score (nSPS) is 20.9. The number of carbonyl (C=O) groups excluding carboxylic acids is 7. The predicted octanol–water partition coefficient (Wildman–Crippen LogP) is 3.57. The lowest BCUT2D eigenvalue weighted by Gasteiger charge is -2.33. The lowest BCUT2D eigenvalue weighted by atomic mass is 9.96. The molecule has 7 amide bonds. The lowest BCUT2D eigenvalue weighted by molar-refractivity contribution is -0.145. The molecule has 2 aliphatic rings. The van der Waals surface area contributed by atoms with E-state index in [1.54, 1.807) is 98.1 Å². The summed E-state index contributed by atoms with van der Waals surface area (Å²) in [4.78, 5) is 107. The van der Waals surface area contributed by atoms with E-state index in [1.807, 2.05) is 54.6 Å². The molecule has 2 aliphatic heterocycles. The SMILES string of the molecule is COc1cc2cccc(OC)c2cc1C[C@@H]1NC(=O)[C@H](Cc2ccccc2)NC(=O)[C@@H]2C(C(=O)NCCN)CCN2C(=O)[C@H](Cc2ccccc2)NC(=O)[C@H](Cc2ccc(OCc3ccccc3)cc2)NC(=O)[C@H](CCCCN)NC1=O. The Morgan fingerprint density at radius 3 is 1.66 bits per heavy atom. The van der Waals surface area contributed by atoms with Crippen molar-refractivity contribution in [2.24, 2.45) is 17.4 Å². The van der Waals surface area contributed by atoms with Crippen LogP contribution in [0.3, 0.4) is 0 Å². The van der Waals surface area contributed by atoms with Crippen molar-refractivity contribution in [2.45, 2.75) is 94.2 Å². The van der Waals surface area contributed by atoms with Crippen LogP contribution in [0.4, 0.5) is 0 Å². The molecule has 430 valence electrons. The van der Waals surface area contributed by atoms with Crippen molar-refractivity contribution in [1.29, 1.82) is 0 Å². The van der Waals surface area contributed by atoms with Crippen molar-refractivity contribution in [1.82, 2.24) is 36.8 Å². The fourth-order valence-electron chi connectivity index (χ4n) is 10.6. The Balaban J connectivity index is 1.23. The Bertz CT molecular complexity index is 3150. The number of methoxy groups -OCH3 is 2. The average Bonchev–Trinajstić information content (AvgIpc) is 4.12. The topological polar surface area (TPSA) is 275 Å². The summed E-state index contributed by atoms with van der Waals surface area (Å²) >= 11 is 0. The van der Waals surface area contributed by atoms with Gasteiger partial charge in [-0.25, -0.2) is 0 Å². The van der Waals surface area contributed by atoms with Gasteiger partial charge < -0.3 is 62.5 Å². The number of ether oxygens (including phenoxy) is 3. The highest BCUT2D eigenvalue weighted by Crippen LogP contribution is 2.33. The monoisotopic (exact) mass is 1120 g/mol. The summed E-state index contributed by atoms with van der Waals surface area (Å²) in [5.74, 6) is -4.58. The standard InChI is InChI=1S/C63H73N9O10/c1-80-54-23-14-21-44-38-55(81-2)45(36-48(44)54)37-52-61(77)67-49(22-12-13-29-64)58(74)68-50(34-42-24-26-46(27-25-42)82-39-43-19-10-5-11-20-43)60(76)71-53(35-41-17-8-4-9-18-41)63(79)72-32-28-47(57(73)66-31-30-65)56(72)62(78)70-51(59(75)69-52)33-40-15-6-3-7-16-40/h3-11,14-21,23-27,36,38,47,49-53,56H,12-13,22,28-35,37,39,64-65H2,1-2H3,(H,66,73)(H,67,77)(H,68,74)(H,69,75)(H,70,78)(H,71,76)/t47?,49-,50-,51-,52-,53-,56-/m0/s1. The van der Waals surface area contributed by atoms with Gasteiger partial charge in [0, 0.05) is 50.7 Å². The fraction of sp³-hybridized carbons (Fsp3) is 0.349. The second kappa shape index (κ2) is 29.1. The molecule has 8 rings (SSSR count). The zero-order chi connectivity index (χ0) is 58.0. The molecular weight excluding hydrogens is 1040 g/mol. The third kappa shape index (κ3) is 15.5. The molecule has 19 nitrogen and oxygen atoms in total. The number of nitrogens with zero attached hydrogens (tertiary/aromatic N) is 1. The molecule has 6 aromatic carbocycles. The van der Waals surface area contributed by atoms with E-state index >= 15 is 28.8 Å². The smallest absolute Gasteiger partial charge is 0.246 e. The Morgan fingerprint density at radius 2 is 1.07 bits per heavy atom. The molecule has 2 saturated heterocycles.